The number of hydrogen-bond donors (Lipinski definition) is 2. The van der Waals surface area contributed by atoms with E-state index in [1.165, 1.54) is 6.07 Å². The minimum Gasteiger partial charge on any atom is -0.380 e. The number of nitrogens with zero attached hydrogens (tertiary/aromatic N) is 4. The maximum Gasteiger partial charge on any atom is 0.293 e. The van der Waals surface area contributed by atoms with Crippen LogP contribution in [0.2, 0.25) is 0 Å². The van der Waals surface area contributed by atoms with Gasteiger partial charge in [-0.05, 0) is 13.0 Å². The fourth-order valence-electron chi connectivity index (χ4n) is 2.56. The van der Waals surface area contributed by atoms with Crippen LogP contribution in [0.1, 0.15) is 6.92 Å². The smallest absolute Gasteiger partial charge is 0.293 e. The zero-order valence-electron chi connectivity index (χ0n) is 12.4. The number of anilines is 2. The SMILES string of the molecule is CCNc1cc2nc(N3CCNCC3)ncc2cc1[N+](=O)[O-]. The van der Waals surface area contributed by atoms with E-state index < -0.39 is 0 Å². The predicted octanol–water partition coefficient (Wildman–Crippen LogP) is 1.38. The van der Waals surface area contributed by atoms with Crippen LogP contribution in [0.5, 0.6) is 0 Å². The van der Waals surface area contributed by atoms with Gasteiger partial charge in [-0.15, -0.1) is 0 Å². The van der Waals surface area contributed by atoms with Gasteiger partial charge in [0.05, 0.1) is 10.4 Å². The van der Waals surface area contributed by atoms with E-state index in [0.717, 1.165) is 26.2 Å². The monoisotopic (exact) mass is 302 g/mol. The molecule has 0 amide bonds. The average molecular weight is 302 g/mol. The zero-order chi connectivity index (χ0) is 15.5. The quantitative estimate of drug-likeness (QED) is 0.650. The van der Waals surface area contributed by atoms with Crippen molar-refractivity contribution in [2.24, 2.45) is 0 Å². The molecule has 1 aliphatic heterocycles. The van der Waals surface area contributed by atoms with Crippen LogP contribution in [0, 0.1) is 10.1 Å². The van der Waals surface area contributed by atoms with Crippen molar-refractivity contribution >= 4 is 28.2 Å². The number of piperazine rings is 1. The molecule has 2 heterocycles. The van der Waals surface area contributed by atoms with Gasteiger partial charge in [0.1, 0.15) is 5.69 Å². The molecule has 1 aromatic carbocycles. The Hall–Kier alpha value is -2.48. The molecule has 2 N–H and O–H groups in total. The van der Waals surface area contributed by atoms with Gasteiger partial charge in [0.25, 0.3) is 5.69 Å². The summed E-state index contributed by atoms with van der Waals surface area (Å²) in [5.41, 5.74) is 1.25. The minimum absolute atomic E-state index is 0.0490. The predicted molar refractivity (Wildman–Crippen MR) is 85.4 cm³/mol. The molecule has 8 heteroatoms. The summed E-state index contributed by atoms with van der Waals surface area (Å²) in [6.45, 7) is 6.05. The highest BCUT2D eigenvalue weighted by atomic mass is 16.6. The van der Waals surface area contributed by atoms with Gasteiger partial charge in [-0.25, -0.2) is 9.97 Å². The van der Waals surface area contributed by atoms with Gasteiger partial charge in [-0.3, -0.25) is 10.1 Å². The van der Waals surface area contributed by atoms with Crippen LogP contribution in [0.3, 0.4) is 0 Å². The Labute approximate surface area is 127 Å². The number of fused-ring (bicyclic) bond motifs is 1. The van der Waals surface area contributed by atoms with Crippen molar-refractivity contribution in [1.82, 2.24) is 15.3 Å². The van der Waals surface area contributed by atoms with Gasteiger partial charge >= 0.3 is 0 Å². The van der Waals surface area contributed by atoms with Gasteiger partial charge in [0.15, 0.2) is 0 Å². The van der Waals surface area contributed by atoms with Crippen molar-refractivity contribution in [2.75, 3.05) is 42.9 Å². The first kappa shape index (κ1) is 14.5. The molecule has 1 aromatic heterocycles. The van der Waals surface area contributed by atoms with Crippen LogP contribution in [0.4, 0.5) is 17.3 Å². The lowest BCUT2D eigenvalue weighted by molar-refractivity contribution is -0.383. The van der Waals surface area contributed by atoms with Crippen LogP contribution in [0.15, 0.2) is 18.3 Å². The van der Waals surface area contributed by atoms with Crippen molar-refractivity contribution < 1.29 is 4.92 Å². The van der Waals surface area contributed by atoms with E-state index in [0.29, 0.717) is 29.1 Å². The second-order valence-corrected chi connectivity index (χ2v) is 5.12. The highest BCUT2D eigenvalue weighted by Crippen LogP contribution is 2.29. The first-order valence-corrected chi connectivity index (χ1v) is 7.33. The highest BCUT2D eigenvalue weighted by Gasteiger charge is 2.18. The van der Waals surface area contributed by atoms with Gasteiger partial charge in [0.2, 0.25) is 5.95 Å². The Morgan fingerprint density at radius 1 is 1.41 bits per heavy atom. The number of aromatic nitrogens is 2. The topological polar surface area (TPSA) is 96.2 Å². The molecule has 0 bridgehead atoms. The summed E-state index contributed by atoms with van der Waals surface area (Å²) in [5.74, 6) is 0.672. The molecule has 1 saturated heterocycles. The largest absolute Gasteiger partial charge is 0.380 e. The molecule has 0 saturated carbocycles. The van der Waals surface area contributed by atoms with E-state index in [1.807, 2.05) is 6.92 Å². The summed E-state index contributed by atoms with van der Waals surface area (Å²) in [5, 5.41) is 18.1. The maximum atomic E-state index is 11.2. The molecular formula is C14H18N6O2. The Bertz CT molecular complexity index is 699. The van der Waals surface area contributed by atoms with E-state index >= 15 is 0 Å². The molecule has 0 spiro atoms. The van der Waals surface area contributed by atoms with E-state index in [1.54, 1.807) is 12.3 Å². The summed E-state index contributed by atoms with van der Waals surface area (Å²) in [4.78, 5) is 21.8. The molecule has 116 valence electrons. The van der Waals surface area contributed by atoms with Crippen molar-refractivity contribution in [3.8, 4) is 0 Å². The summed E-state index contributed by atoms with van der Waals surface area (Å²) in [7, 11) is 0. The molecule has 1 fully saturated rings. The third-order valence-corrected chi connectivity index (χ3v) is 3.65. The number of nitrogens with one attached hydrogen (secondary N) is 2. The Balaban J connectivity index is 2.03. The first-order valence-electron chi connectivity index (χ1n) is 7.33. The molecule has 0 radical (unpaired) electrons. The van der Waals surface area contributed by atoms with Crippen LogP contribution in [-0.2, 0) is 0 Å². The molecule has 0 aliphatic carbocycles. The minimum atomic E-state index is -0.387. The van der Waals surface area contributed by atoms with E-state index in [9.17, 15) is 10.1 Å². The van der Waals surface area contributed by atoms with Crippen LogP contribution in [-0.4, -0.2) is 47.6 Å². The van der Waals surface area contributed by atoms with Crippen LogP contribution in [0.25, 0.3) is 10.9 Å². The number of nitro groups is 1. The number of nitro benzene ring substituents is 1. The summed E-state index contributed by atoms with van der Waals surface area (Å²) in [6, 6.07) is 3.25. The molecule has 8 nitrogen and oxygen atoms in total. The molecule has 0 unspecified atom stereocenters. The third-order valence-electron chi connectivity index (χ3n) is 3.65. The van der Waals surface area contributed by atoms with Gasteiger partial charge < -0.3 is 15.5 Å². The Morgan fingerprint density at radius 3 is 2.86 bits per heavy atom. The third kappa shape index (κ3) is 2.77. The lowest BCUT2D eigenvalue weighted by Crippen LogP contribution is -2.44. The zero-order valence-corrected chi connectivity index (χ0v) is 12.4. The van der Waals surface area contributed by atoms with Crippen molar-refractivity contribution in [3.63, 3.8) is 0 Å². The Morgan fingerprint density at radius 2 is 2.18 bits per heavy atom. The Kier molecular flexibility index (Phi) is 4.01. The van der Waals surface area contributed by atoms with Gasteiger partial charge in [-0.2, -0.15) is 0 Å². The second kappa shape index (κ2) is 6.10. The summed E-state index contributed by atoms with van der Waals surface area (Å²) in [6.07, 6.45) is 1.66. The standard InChI is InChI=1S/C14H18N6O2/c1-2-16-12-8-11-10(7-13(12)20(21)22)9-17-14(18-11)19-5-3-15-4-6-19/h7-9,15-16H,2-6H2,1H3. The van der Waals surface area contributed by atoms with Crippen molar-refractivity contribution in [3.05, 3.63) is 28.4 Å². The fourth-order valence-corrected chi connectivity index (χ4v) is 2.56. The highest BCUT2D eigenvalue weighted by molar-refractivity contribution is 5.87. The van der Waals surface area contributed by atoms with Crippen molar-refractivity contribution in [2.45, 2.75) is 6.92 Å². The lowest BCUT2D eigenvalue weighted by Gasteiger charge is -2.27. The normalized spacial score (nSPS) is 15.0. The number of benzene rings is 1. The fraction of sp³-hybridized carbons (Fsp3) is 0.429. The maximum absolute atomic E-state index is 11.2. The molecule has 22 heavy (non-hydrogen) atoms. The second-order valence-electron chi connectivity index (χ2n) is 5.12. The number of hydrogen-bond acceptors (Lipinski definition) is 7. The van der Waals surface area contributed by atoms with Crippen LogP contribution < -0.4 is 15.5 Å². The van der Waals surface area contributed by atoms with E-state index in [-0.39, 0.29) is 10.6 Å². The molecule has 3 rings (SSSR count). The lowest BCUT2D eigenvalue weighted by atomic mass is 10.2. The average Bonchev–Trinajstić information content (AvgIpc) is 2.54. The molecule has 2 aromatic rings. The molecular weight excluding hydrogens is 284 g/mol. The van der Waals surface area contributed by atoms with E-state index in [4.69, 9.17) is 0 Å². The first-order chi connectivity index (χ1) is 10.7. The van der Waals surface area contributed by atoms with Crippen molar-refractivity contribution in [1.29, 1.82) is 0 Å². The summed E-state index contributed by atoms with van der Waals surface area (Å²) < 4.78 is 0. The van der Waals surface area contributed by atoms with Crippen LogP contribution >= 0.6 is 0 Å². The number of rotatable bonds is 4. The molecule has 0 atom stereocenters. The molecule has 1 aliphatic rings. The van der Waals surface area contributed by atoms with Gasteiger partial charge in [0, 0.05) is 50.4 Å². The summed E-state index contributed by atoms with van der Waals surface area (Å²) >= 11 is 0. The van der Waals surface area contributed by atoms with E-state index in [2.05, 4.69) is 25.5 Å². The van der Waals surface area contributed by atoms with Gasteiger partial charge in [-0.1, -0.05) is 0 Å².